The molecule has 5 nitrogen and oxygen atoms in total. The predicted molar refractivity (Wildman–Crippen MR) is 87.7 cm³/mol. The van der Waals surface area contributed by atoms with Gasteiger partial charge in [-0.3, -0.25) is 10.1 Å². The van der Waals surface area contributed by atoms with E-state index < -0.39 is 0 Å². The summed E-state index contributed by atoms with van der Waals surface area (Å²) in [7, 11) is 0. The molecule has 2 N–H and O–H groups in total. The lowest BCUT2D eigenvalue weighted by Crippen LogP contribution is -2.34. The molecule has 1 aliphatic rings. The summed E-state index contributed by atoms with van der Waals surface area (Å²) in [5.74, 6) is 0.855. The molecule has 0 spiro atoms. The molecule has 0 unspecified atom stereocenters. The largest absolute Gasteiger partial charge is 0.454 e. The number of carbonyl (C=O) groups excluding carboxylic acids is 1. The van der Waals surface area contributed by atoms with E-state index in [2.05, 4.69) is 10.6 Å². The fourth-order valence-corrected chi connectivity index (χ4v) is 2.33. The van der Waals surface area contributed by atoms with Crippen LogP contribution in [0.2, 0.25) is 5.02 Å². The molecule has 0 bridgehead atoms. The minimum atomic E-state index is -0.296. The normalized spacial score (nSPS) is 11.9. The van der Waals surface area contributed by atoms with Crippen molar-refractivity contribution >= 4 is 40.5 Å². The summed E-state index contributed by atoms with van der Waals surface area (Å²) in [4.78, 5) is 12.0. The van der Waals surface area contributed by atoms with Gasteiger partial charge in [0.2, 0.25) is 6.79 Å². The topological polar surface area (TPSA) is 59.6 Å². The van der Waals surface area contributed by atoms with Gasteiger partial charge < -0.3 is 14.8 Å². The molecule has 0 radical (unpaired) electrons. The quantitative estimate of drug-likeness (QED) is 0.826. The molecule has 0 saturated carbocycles. The smallest absolute Gasteiger partial charge is 0.257 e. The van der Waals surface area contributed by atoms with Crippen molar-refractivity contribution in [3.8, 4) is 11.5 Å². The second-order valence-electron chi connectivity index (χ2n) is 4.46. The highest BCUT2D eigenvalue weighted by molar-refractivity contribution is 7.80. The summed E-state index contributed by atoms with van der Waals surface area (Å²) < 4.78 is 10.5. The van der Waals surface area contributed by atoms with E-state index in [0.29, 0.717) is 27.8 Å². The number of anilines is 1. The second-order valence-corrected chi connectivity index (χ2v) is 5.28. The molecule has 3 rings (SSSR count). The van der Waals surface area contributed by atoms with Crippen LogP contribution in [0.5, 0.6) is 11.5 Å². The summed E-state index contributed by atoms with van der Waals surface area (Å²) in [6, 6.07) is 12.1. The van der Waals surface area contributed by atoms with Crippen LogP contribution in [0.1, 0.15) is 10.4 Å². The van der Waals surface area contributed by atoms with Crippen molar-refractivity contribution < 1.29 is 14.3 Å². The molecule has 0 aliphatic carbocycles. The monoisotopic (exact) mass is 334 g/mol. The van der Waals surface area contributed by atoms with E-state index in [1.807, 2.05) is 6.07 Å². The zero-order valence-electron chi connectivity index (χ0n) is 11.3. The first-order valence-electron chi connectivity index (χ1n) is 6.40. The van der Waals surface area contributed by atoms with Gasteiger partial charge >= 0.3 is 0 Å². The lowest BCUT2D eigenvalue weighted by molar-refractivity contribution is 0.0977. The van der Waals surface area contributed by atoms with Crippen LogP contribution in [-0.2, 0) is 0 Å². The SMILES string of the molecule is O=C(NC(=S)Nc1cc2c(cc1Cl)OCO2)c1ccccc1. The van der Waals surface area contributed by atoms with E-state index in [-0.39, 0.29) is 17.8 Å². The van der Waals surface area contributed by atoms with Gasteiger partial charge in [0, 0.05) is 17.7 Å². The number of halogens is 1. The van der Waals surface area contributed by atoms with Crippen molar-refractivity contribution in [3.05, 3.63) is 53.1 Å². The first kappa shape index (κ1) is 14.6. The molecular formula is C15H11ClN2O3S. The van der Waals surface area contributed by atoms with E-state index in [9.17, 15) is 4.79 Å². The fraction of sp³-hybridized carbons (Fsp3) is 0.0667. The van der Waals surface area contributed by atoms with Crippen LogP contribution in [-0.4, -0.2) is 17.8 Å². The van der Waals surface area contributed by atoms with Gasteiger partial charge in [-0.25, -0.2) is 0 Å². The highest BCUT2D eigenvalue weighted by Crippen LogP contribution is 2.39. The first-order chi connectivity index (χ1) is 10.6. The van der Waals surface area contributed by atoms with Crippen LogP contribution < -0.4 is 20.1 Å². The Labute approximate surface area is 137 Å². The number of thiocarbonyl (C=S) groups is 1. The number of benzene rings is 2. The summed E-state index contributed by atoms with van der Waals surface area (Å²) >= 11 is 11.3. The Morgan fingerprint density at radius 1 is 1.14 bits per heavy atom. The van der Waals surface area contributed by atoms with Crippen LogP contribution >= 0.6 is 23.8 Å². The van der Waals surface area contributed by atoms with Gasteiger partial charge in [-0.05, 0) is 24.4 Å². The molecule has 1 heterocycles. The van der Waals surface area contributed by atoms with Gasteiger partial charge in [-0.15, -0.1) is 0 Å². The third kappa shape index (κ3) is 3.13. The first-order valence-corrected chi connectivity index (χ1v) is 7.18. The molecule has 1 amide bonds. The van der Waals surface area contributed by atoms with Crippen LogP contribution in [0.4, 0.5) is 5.69 Å². The van der Waals surface area contributed by atoms with Crippen molar-refractivity contribution in [1.82, 2.24) is 5.32 Å². The van der Waals surface area contributed by atoms with Crippen LogP contribution in [0.3, 0.4) is 0 Å². The van der Waals surface area contributed by atoms with Crippen LogP contribution in [0.25, 0.3) is 0 Å². The molecule has 0 aromatic heterocycles. The van der Waals surface area contributed by atoms with Gasteiger partial charge in [-0.2, -0.15) is 0 Å². The summed E-state index contributed by atoms with van der Waals surface area (Å²) in [5, 5.41) is 6.03. The van der Waals surface area contributed by atoms with Crippen LogP contribution in [0, 0.1) is 0 Å². The molecule has 1 aliphatic heterocycles. The number of rotatable bonds is 2. The van der Waals surface area contributed by atoms with Gasteiger partial charge in [-0.1, -0.05) is 29.8 Å². The Morgan fingerprint density at radius 3 is 2.55 bits per heavy atom. The number of ether oxygens (including phenoxy) is 2. The van der Waals surface area contributed by atoms with Crippen LogP contribution in [0.15, 0.2) is 42.5 Å². The molecule has 22 heavy (non-hydrogen) atoms. The molecule has 0 saturated heterocycles. The maximum absolute atomic E-state index is 12.0. The Balaban J connectivity index is 1.69. The highest BCUT2D eigenvalue weighted by atomic mass is 35.5. The number of amides is 1. The predicted octanol–water partition coefficient (Wildman–Crippen LogP) is 3.20. The molecule has 0 atom stereocenters. The summed E-state index contributed by atoms with van der Waals surface area (Å²) in [6.07, 6.45) is 0. The maximum Gasteiger partial charge on any atom is 0.257 e. The van der Waals surface area contributed by atoms with Crippen molar-refractivity contribution in [2.45, 2.75) is 0 Å². The van der Waals surface area contributed by atoms with Gasteiger partial charge in [0.05, 0.1) is 10.7 Å². The van der Waals surface area contributed by atoms with Crippen molar-refractivity contribution in [1.29, 1.82) is 0 Å². The zero-order valence-corrected chi connectivity index (χ0v) is 12.8. The third-order valence-electron chi connectivity index (χ3n) is 2.97. The van der Waals surface area contributed by atoms with E-state index in [4.69, 9.17) is 33.3 Å². The maximum atomic E-state index is 12.0. The van der Waals surface area contributed by atoms with Gasteiger partial charge in [0.25, 0.3) is 5.91 Å². The summed E-state index contributed by atoms with van der Waals surface area (Å²) in [6.45, 7) is 0.157. The average molecular weight is 335 g/mol. The number of fused-ring (bicyclic) bond motifs is 1. The summed E-state index contributed by atoms with van der Waals surface area (Å²) in [5.41, 5.74) is 1.05. The molecule has 7 heteroatoms. The molecule has 112 valence electrons. The molecule has 2 aromatic carbocycles. The number of hydrogen-bond acceptors (Lipinski definition) is 4. The number of nitrogens with one attached hydrogen (secondary N) is 2. The number of carbonyl (C=O) groups is 1. The van der Waals surface area contributed by atoms with Crippen molar-refractivity contribution in [2.75, 3.05) is 12.1 Å². The fourth-order valence-electron chi connectivity index (χ4n) is 1.93. The highest BCUT2D eigenvalue weighted by Gasteiger charge is 2.17. The second kappa shape index (κ2) is 6.21. The van der Waals surface area contributed by atoms with E-state index in [0.717, 1.165) is 0 Å². The average Bonchev–Trinajstić information content (AvgIpc) is 2.95. The van der Waals surface area contributed by atoms with E-state index in [1.165, 1.54) is 0 Å². The Morgan fingerprint density at radius 2 is 1.82 bits per heavy atom. The van der Waals surface area contributed by atoms with Crippen molar-refractivity contribution in [3.63, 3.8) is 0 Å². The minimum absolute atomic E-state index is 0.148. The van der Waals surface area contributed by atoms with E-state index in [1.54, 1.807) is 36.4 Å². The molecule has 0 fully saturated rings. The standard InChI is InChI=1S/C15H11ClN2O3S/c16-10-6-12-13(21-8-20-12)7-11(10)17-15(22)18-14(19)9-4-2-1-3-5-9/h1-7H,8H2,(H2,17,18,19,22). The van der Waals surface area contributed by atoms with Gasteiger partial charge in [0.1, 0.15) is 0 Å². The van der Waals surface area contributed by atoms with E-state index >= 15 is 0 Å². The lowest BCUT2D eigenvalue weighted by Gasteiger charge is -2.11. The molecule has 2 aromatic rings. The number of hydrogen-bond donors (Lipinski definition) is 2. The third-order valence-corrected chi connectivity index (χ3v) is 3.49. The Hall–Kier alpha value is -2.31. The van der Waals surface area contributed by atoms with Gasteiger partial charge in [0.15, 0.2) is 16.6 Å². The molecular weight excluding hydrogens is 324 g/mol. The zero-order chi connectivity index (χ0) is 15.5. The Kier molecular flexibility index (Phi) is 4.13. The van der Waals surface area contributed by atoms with Crippen molar-refractivity contribution in [2.24, 2.45) is 0 Å². The Bertz CT molecular complexity index is 737. The minimum Gasteiger partial charge on any atom is -0.454 e. The lowest BCUT2D eigenvalue weighted by atomic mass is 10.2.